The van der Waals surface area contributed by atoms with Gasteiger partial charge in [-0.2, -0.15) is 10.4 Å². The van der Waals surface area contributed by atoms with Gasteiger partial charge >= 0.3 is 0 Å². The molecule has 0 amide bonds. The quantitative estimate of drug-likeness (QED) is 0.840. The molecule has 2 aromatic rings. The first-order chi connectivity index (χ1) is 7.29. The molecule has 0 atom stereocenters. The highest BCUT2D eigenvalue weighted by atomic mass is 35.5. The molecule has 0 fully saturated rings. The maximum absolute atomic E-state index is 8.48. The average molecular weight is 219 g/mol. The summed E-state index contributed by atoms with van der Waals surface area (Å²) < 4.78 is 0. The van der Waals surface area contributed by atoms with Gasteiger partial charge in [-0.3, -0.25) is 5.10 Å². The van der Waals surface area contributed by atoms with Crippen LogP contribution < -0.4 is 0 Å². The SMILES string of the molecule is N#CCc1nc(-c2cccc(Cl)c2)n[nH]1. The maximum atomic E-state index is 8.48. The van der Waals surface area contributed by atoms with Crippen molar-refractivity contribution in [3.05, 3.63) is 35.1 Å². The van der Waals surface area contributed by atoms with Crippen LogP contribution in [0.15, 0.2) is 24.3 Å². The molecule has 0 aliphatic heterocycles. The molecule has 1 N–H and O–H groups in total. The summed E-state index contributed by atoms with van der Waals surface area (Å²) in [5.41, 5.74) is 0.836. The number of hydrogen-bond acceptors (Lipinski definition) is 3. The Hall–Kier alpha value is -1.86. The van der Waals surface area contributed by atoms with Crippen molar-refractivity contribution in [2.45, 2.75) is 6.42 Å². The van der Waals surface area contributed by atoms with Gasteiger partial charge in [-0.05, 0) is 12.1 Å². The van der Waals surface area contributed by atoms with Gasteiger partial charge in [0.15, 0.2) is 5.82 Å². The van der Waals surface area contributed by atoms with Crippen LogP contribution >= 0.6 is 11.6 Å². The van der Waals surface area contributed by atoms with Gasteiger partial charge in [0.1, 0.15) is 5.82 Å². The predicted molar refractivity (Wildman–Crippen MR) is 56.1 cm³/mol. The van der Waals surface area contributed by atoms with E-state index >= 15 is 0 Å². The largest absolute Gasteiger partial charge is 0.262 e. The average Bonchev–Trinajstić information content (AvgIpc) is 2.67. The lowest BCUT2D eigenvalue weighted by molar-refractivity contribution is 0.996. The number of benzene rings is 1. The molecule has 0 aliphatic carbocycles. The van der Waals surface area contributed by atoms with Crippen molar-refractivity contribution in [2.75, 3.05) is 0 Å². The van der Waals surface area contributed by atoms with Gasteiger partial charge in [-0.1, -0.05) is 23.7 Å². The van der Waals surface area contributed by atoms with Gasteiger partial charge in [-0.25, -0.2) is 4.98 Å². The van der Waals surface area contributed by atoms with Gasteiger partial charge in [0.05, 0.1) is 12.5 Å². The first-order valence-corrected chi connectivity index (χ1v) is 4.71. The summed E-state index contributed by atoms with van der Waals surface area (Å²) in [7, 11) is 0. The summed E-state index contributed by atoms with van der Waals surface area (Å²) >= 11 is 5.84. The number of H-pyrrole nitrogens is 1. The molecule has 0 radical (unpaired) electrons. The van der Waals surface area contributed by atoms with E-state index in [2.05, 4.69) is 15.2 Å². The standard InChI is InChI=1S/C10H7ClN4/c11-8-3-1-2-7(6-8)10-13-9(4-5-12)14-15-10/h1-3,6H,4H2,(H,13,14,15). The molecular formula is C10H7ClN4. The Labute approximate surface area is 91.5 Å². The van der Waals surface area contributed by atoms with Crippen LogP contribution in [0.25, 0.3) is 11.4 Å². The Morgan fingerprint density at radius 2 is 2.33 bits per heavy atom. The number of hydrogen-bond donors (Lipinski definition) is 1. The molecule has 0 spiro atoms. The first-order valence-electron chi connectivity index (χ1n) is 4.34. The molecule has 0 aliphatic rings. The Balaban J connectivity index is 2.34. The van der Waals surface area contributed by atoms with E-state index in [1.165, 1.54) is 0 Å². The number of aromatic nitrogens is 3. The van der Waals surface area contributed by atoms with Crippen LogP contribution in [0.3, 0.4) is 0 Å². The fraction of sp³-hybridized carbons (Fsp3) is 0.100. The van der Waals surface area contributed by atoms with Crippen molar-refractivity contribution >= 4 is 11.6 Å². The third-order valence-electron chi connectivity index (χ3n) is 1.86. The second-order valence-corrected chi connectivity index (χ2v) is 3.39. The molecule has 15 heavy (non-hydrogen) atoms. The van der Waals surface area contributed by atoms with Gasteiger partial charge in [0.25, 0.3) is 0 Å². The van der Waals surface area contributed by atoms with Crippen LogP contribution in [0.2, 0.25) is 5.02 Å². The first kappa shape index (κ1) is 9.69. The van der Waals surface area contributed by atoms with Gasteiger partial charge < -0.3 is 0 Å². The molecule has 0 bridgehead atoms. The summed E-state index contributed by atoms with van der Waals surface area (Å²) in [5.74, 6) is 1.12. The van der Waals surface area contributed by atoms with Gasteiger partial charge in [0, 0.05) is 10.6 Å². The van der Waals surface area contributed by atoms with Gasteiger partial charge in [0.2, 0.25) is 0 Å². The third kappa shape index (κ3) is 2.14. The normalized spacial score (nSPS) is 9.87. The molecule has 1 aromatic carbocycles. The third-order valence-corrected chi connectivity index (χ3v) is 2.10. The second kappa shape index (κ2) is 4.11. The minimum Gasteiger partial charge on any atom is -0.262 e. The number of nitriles is 1. The van der Waals surface area contributed by atoms with Crippen molar-refractivity contribution in [3.63, 3.8) is 0 Å². The van der Waals surface area contributed by atoms with E-state index in [1.807, 2.05) is 18.2 Å². The van der Waals surface area contributed by atoms with E-state index in [9.17, 15) is 0 Å². The smallest absolute Gasteiger partial charge is 0.181 e. The molecule has 0 saturated carbocycles. The Bertz CT molecular complexity index is 512. The van der Waals surface area contributed by atoms with E-state index < -0.39 is 0 Å². The highest BCUT2D eigenvalue weighted by Gasteiger charge is 2.05. The molecule has 74 valence electrons. The van der Waals surface area contributed by atoms with Crippen molar-refractivity contribution < 1.29 is 0 Å². The highest BCUT2D eigenvalue weighted by Crippen LogP contribution is 2.18. The fourth-order valence-electron chi connectivity index (χ4n) is 1.21. The Morgan fingerprint density at radius 3 is 3.07 bits per heavy atom. The molecule has 4 nitrogen and oxygen atoms in total. The zero-order valence-electron chi connectivity index (χ0n) is 7.74. The van der Waals surface area contributed by atoms with Crippen LogP contribution in [0.1, 0.15) is 5.82 Å². The van der Waals surface area contributed by atoms with E-state index in [1.54, 1.807) is 12.1 Å². The van der Waals surface area contributed by atoms with E-state index in [-0.39, 0.29) is 6.42 Å². The molecule has 1 aromatic heterocycles. The number of nitrogens with one attached hydrogen (secondary N) is 1. The maximum Gasteiger partial charge on any atom is 0.181 e. The zero-order valence-corrected chi connectivity index (χ0v) is 8.49. The topological polar surface area (TPSA) is 65.4 Å². The summed E-state index contributed by atoms with van der Waals surface area (Å²) in [6.07, 6.45) is 0.230. The van der Waals surface area contributed by atoms with Crippen molar-refractivity contribution in [1.29, 1.82) is 5.26 Å². The lowest BCUT2D eigenvalue weighted by Crippen LogP contribution is -1.83. The fourth-order valence-corrected chi connectivity index (χ4v) is 1.40. The van der Waals surface area contributed by atoms with Crippen LogP contribution in [-0.2, 0) is 6.42 Å². The molecule has 0 saturated heterocycles. The molecule has 1 heterocycles. The van der Waals surface area contributed by atoms with Crippen LogP contribution in [-0.4, -0.2) is 15.2 Å². The molecule has 0 unspecified atom stereocenters. The van der Waals surface area contributed by atoms with Crippen LogP contribution in [0.4, 0.5) is 0 Å². The number of halogens is 1. The summed E-state index contributed by atoms with van der Waals surface area (Å²) in [6, 6.07) is 9.26. The zero-order chi connectivity index (χ0) is 10.7. The van der Waals surface area contributed by atoms with E-state index in [0.717, 1.165) is 5.56 Å². The summed E-state index contributed by atoms with van der Waals surface area (Å²) in [6.45, 7) is 0. The molecule has 5 heteroatoms. The predicted octanol–water partition coefficient (Wildman–Crippen LogP) is 2.19. The number of nitrogens with zero attached hydrogens (tertiary/aromatic N) is 3. The van der Waals surface area contributed by atoms with E-state index in [0.29, 0.717) is 16.7 Å². The summed E-state index contributed by atoms with van der Waals surface area (Å²) in [4.78, 5) is 4.16. The van der Waals surface area contributed by atoms with Crippen molar-refractivity contribution in [2.24, 2.45) is 0 Å². The monoisotopic (exact) mass is 218 g/mol. The van der Waals surface area contributed by atoms with Crippen LogP contribution in [0.5, 0.6) is 0 Å². The second-order valence-electron chi connectivity index (χ2n) is 2.95. The lowest BCUT2D eigenvalue weighted by Gasteiger charge is -1.94. The molecular weight excluding hydrogens is 212 g/mol. The van der Waals surface area contributed by atoms with E-state index in [4.69, 9.17) is 16.9 Å². The lowest BCUT2D eigenvalue weighted by atomic mass is 10.2. The minimum atomic E-state index is 0.230. The van der Waals surface area contributed by atoms with Gasteiger partial charge in [-0.15, -0.1) is 0 Å². The van der Waals surface area contributed by atoms with Crippen LogP contribution in [0, 0.1) is 11.3 Å². The number of aromatic amines is 1. The highest BCUT2D eigenvalue weighted by molar-refractivity contribution is 6.30. The minimum absolute atomic E-state index is 0.230. The Kier molecular flexibility index (Phi) is 2.66. The summed E-state index contributed by atoms with van der Waals surface area (Å²) in [5, 5.41) is 15.8. The van der Waals surface area contributed by atoms with Crippen molar-refractivity contribution in [1.82, 2.24) is 15.2 Å². The Morgan fingerprint density at radius 1 is 1.47 bits per heavy atom. The number of rotatable bonds is 2. The molecule has 2 rings (SSSR count). The van der Waals surface area contributed by atoms with Crippen molar-refractivity contribution in [3.8, 4) is 17.5 Å².